The highest BCUT2D eigenvalue weighted by molar-refractivity contribution is 5.28. The Labute approximate surface area is 71.2 Å². The van der Waals surface area contributed by atoms with Crippen LogP contribution in [0, 0.1) is 11.9 Å². The summed E-state index contributed by atoms with van der Waals surface area (Å²) < 4.78 is 18.1. The molecular formula is C10H10FO. The molecule has 2 heteroatoms. The molecule has 0 N–H and O–H groups in total. The molecule has 2 rings (SSSR count). The number of halogens is 1. The Morgan fingerprint density at radius 2 is 2.25 bits per heavy atom. The lowest BCUT2D eigenvalue weighted by Crippen LogP contribution is -1.96. The highest BCUT2D eigenvalue weighted by atomic mass is 19.1. The summed E-state index contributed by atoms with van der Waals surface area (Å²) in [6, 6.07) is 6.54. The number of ether oxygens (including phenoxy) is 1. The maximum Gasteiger partial charge on any atom is 0.126 e. The van der Waals surface area contributed by atoms with Crippen LogP contribution in [0.1, 0.15) is 18.4 Å². The van der Waals surface area contributed by atoms with Gasteiger partial charge in [0.15, 0.2) is 0 Å². The fourth-order valence-electron chi connectivity index (χ4n) is 1.39. The van der Waals surface area contributed by atoms with Crippen molar-refractivity contribution in [1.29, 1.82) is 0 Å². The minimum absolute atomic E-state index is 0.199. The van der Waals surface area contributed by atoms with E-state index in [1.807, 2.05) is 6.07 Å². The molecule has 0 bridgehead atoms. The van der Waals surface area contributed by atoms with Crippen molar-refractivity contribution in [2.45, 2.75) is 12.8 Å². The van der Waals surface area contributed by atoms with Crippen LogP contribution in [0.25, 0.3) is 0 Å². The van der Waals surface area contributed by atoms with E-state index in [1.165, 1.54) is 12.1 Å². The molecule has 0 atom stereocenters. The lowest BCUT2D eigenvalue weighted by atomic mass is 10.1. The van der Waals surface area contributed by atoms with Gasteiger partial charge >= 0.3 is 0 Å². The smallest absolute Gasteiger partial charge is 0.126 e. The molecule has 0 saturated carbocycles. The van der Waals surface area contributed by atoms with E-state index in [2.05, 4.69) is 0 Å². The largest absolute Gasteiger partial charge is 0.367 e. The van der Waals surface area contributed by atoms with Crippen molar-refractivity contribution in [3.63, 3.8) is 0 Å². The molecule has 1 fully saturated rings. The molecule has 1 saturated heterocycles. The summed E-state index contributed by atoms with van der Waals surface area (Å²) in [7, 11) is 0. The SMILES string of the molecule is Fc1cccc([C]2CCCO2)c1. The van der Waals surface area contributed by atoms with Gasteiger partial charge in [-0.3, -0.25) is 0 Å². The van der Waals surface area contributed by atoms with Crippen molar-refractivity contribution in [2.24, 2.45) is 0 Å². The van der Waals surface area contributed by atoms with Crippen LogP contribution in [0.3, 0.4) is 0 Å². The van der Waals surface area contributed by atoms with Gasteiger partial charge < -0.3 is 4.74 Å². The fraction of sp³-hybridized carbons (Fsp3) is 0.300. The zero-order chi connectivity index (χ0) is 8.39. The summed E-state index contributed by atoms with van der Waals surface area (Å²) >= 11 is 0. The maximum absolute atomic E-state index is 12.8. The molecular weight excluding hydrogens is 155 g/mol. The zero-order valence-electron chi connectivity index (χ0n) is 6.72. The van der Waals surface area contributed by atoms with E-state index < -0.39 is 0 Å². The van der Waals surface area contributed by atoms with Gasteiger partial charge in [-0.2, -0.15) is 0 Å². The predicted molar refractivity (Wildman–Crippen MR) is 43.9 cm³/mol. The molecule has 1 aliphatic heterocycles. The Morgan fingerprint density at radius 3 is 2.92 bits per heavy atom. The van der Waals surface area contributed by atoms with Crippen LogP contribution < -0.4 is 0 Å². The first kappa shape index (κ1) is 7.74. The summed E-state index contributed by atoms with van der Waals surface area (Å²) in [6.45, 7) is 0.770. The highest BCUT2D eigenvalue weighted by Crippen LogP contribution is 2.27. The minimum atomic E-state index is -0.199. The third-order valence-electron chi connectivity index (χ3n) is 1.97. The average molecular weight is 165 g/mol. The quantitative estimate of drug-likeness (QED) is 0.621. The lowest BCUT2D eigenvalue weighted by Gasteiger charge is -2.07. The van der Waals surface area contributed by atoms with Crippen LogP contribution >= 0.6 is 0 Å². The van der Waals surface area contributed by atoms with E-state index in [0.717, 1.165) is 31.1 Å². The van der Waals surface area contributed by atoms with Crippen molar-refractivity contribution in [3.05, 3.63) is 41.8 Å². The van der Waals surface area contributed by atoms with E-state index in [4.69, 9.17) is 4.74 Å². The Hall–Kier alpha value is -0.890. The molecule has 63 valence electrons. The second-order valence-corrected chi connectivity index (χ2v) is 2.89. The second-order valence-electron chi connectivity index (χ2n) is 2.89. The average Bonchev–Trinajstić information content (AvgIpc) is 2.56. The molecule has 1 aromatic carbocycles. The standard InChI is InChI=1S/C10H10FO/c11-9-4-1-3-8(7-9)10-5-2-6-12-10/h1,3-4,7H,2,5-6H2. The van der Waals surface area contributed by atoms with Gasteiger partial charge in [-0.1, -0.05) is 12.1 Å². The van der Waals surface area contributed by atoms with E-state index in [-0.39, 0.29) is 5.82 Å². The van der Waals surface area contributed by atoms with Crippen molar-refractivity contribution < 1.29 is 9.13 Å². The Balaban J connectivity index is 2.21. The summed E-state index contributed by atoms with van der Waals surface area (Å²) in [5.74, 6) is -0.199. The van der Waals surface area contributed by atoms with Gasteiger partial charge in [0.25, 0.3) is 0 Å². The van der Waals surface area contributed by atoms with E-state index in [0.29, 0.717) is 0 Å². The molecule has 0 aliphatic carbocycles. The predicted octanol–water partition coefficient (Wildman–Crippen LogP) is 2.52. The Kier molecular flexibility index (Phi) is 2.09. The Morgan fingerprint density at radius 1 is 1.33 bits per heavy atom. The van der Waals surface area contributed by atoms with Crippen molar-refractivity contribution in [2.75, 3.05) is 6.61 Å². The van der Waals surface area contributed by atoms with Crippen molar-refractivity contribution in [3.8, 4) is 0 Å². The molecule has 1 heterocycles. The highest BCUT2D eigenvalue weighted by Gasteiger charge is 2.18. The molecule has 0 unspecified atom stereocenters. The van der Waals surface area contributed by atoms with Gasteiger partial charge in [0.1, 0.15) is 11.9 Å². The first-order chi connectivity index (χ1) is 5.86. The zero-order valence-corrected chi connectivity index (χ0v) is 6.72. The summed E-state index contributed by atoms with van der Waals surface area (Å²) in [5.41, 5.74) is 0.882. The van der Waals surface area contributed by atoms with E-state index in [9.17, 15) is 4.39 Å². The van der Waals surface area contributed by atoms with Gasteiger partial charge in [-0.25, -0.2) is 4.39 Å². The molecule has 1 nitrogen and oxygen atoms in total. The number of hydrogen-bond donors (Lipinski definition) is 0. The van der Waals surface area contributed by atoms with Crippen LogP contribution in [0.5, 0.6) is 0 Å². The van der Waals surface area contributed by atoms with E-state index in [1.54, 1.807) is 6.07 Å². The maximum atomic E-state index is 12.8. The first-order valence-corrected chi connectivity index (χ1v) is 4.11. The van der Waals surface area contributed by atoms with Gasteiger partial charge in [0, 0.05) is 6.61 Å². The number of rotatable bonds is 1. The van der Waals surface area contributed by atoms with Crippen molar-refractivity contribution in [1.82, 2.24) is 0 Å². The lowest BCUT2D eigenvalue weighted by molar-refractivity contribution is 0.216. The third kappa shape index (κ3) is 1.48. The molecule has 0 spiro atoms. The van der Waals surface area contributed by atoms with Gasteiger partial charge in [0.05, 0.1) is 0 Å². The summed E-state index contributed by atoms with van der Waals surface area (Å²) in [5, 5.41) is 0. The van der Waals surface area contributed by atoms with Crippen LogP contribution in [0.2, 0.25) is 0 Å². The molecule has 1 aliphatic rings. The molecule has 12 heavy (non-hydrogen) atoms. The van der Waals surface area contributed by atoms with Crippen molar-refractivity contribution >= 4 is 0 Å². The van der Waals surface area contributed by atoms with Crippen LogP contribution in [-0.2, 0) is 4.74 Å². The molecule has 1 aromatic rings. The molecule has 0 amide bonds. The minimum Gasteiger partial charge on any atom is -0.367 e. The topological polar surface area (TPSA) is 9.23 Å². The molecule has 0 aromatic heterocycles. The van der Waals surface area contributed by atoms with Crippen LogP contribution in [0.15, 0.2) is 24.3 Å². The van der Waals surface area contributed by atoms with Gasteiger partial charge in [-0.15, -0.1) is 0 Å². The van der Waals surface area contributed by atoms with Gasteiger partial charge in [-0.05, 0) is 30.5 Å². The van der Waals surface area contributed by atoms with Gasteiger partial charge in [0.2, 0.25) is 0 Å². The monoisotopic (exact) mass is 165 g/mol. The summed E-state index contributed by atoms with van der Waals surface area (Å²) in [6.07, 6.45) is 2.91. The molecule has 1 radical (unpaired) electrons. The third-order valence-corrected chi connectivity index (χ3v) is 1.97. The first-order valence-electron chi connectivity index (χ1n) is 4.11. The van der Waals surface area contributed by atoms with Crippen LogP contribution in [0.4, 0.5) is 4.39 Å². The number of hydrogen-bond acceptors (Lipinski definition) is 1. The second kappa shape index (κ2) is 3.23. The van der Waals surface area contributed by atoms with E-state index >= 15 is 0 Å². The van der Waals surface area contributed by atoms with Crippen LogP contribution in [-0.4, -0.2) is 6.61 Å². The normalized spacial score (nSPS) is 18.4. The number of benzene rings is 1. The summed E-state index contributed by atoms with van der Waals surface area (Å²) in [4.78, 5) is 0. The Bertz CT molecular complexity index is 266. The fourth-order valence-corrected chi connectivity index (χ4v) is 1.39.